The summed E-state index contributed by atoms with van der Waals surface area (Å²) >= 11 is 2.65. The van der Waals surface area contributed by atoms with Gasteiger partial charge in [-0.15, -0.1) is 11.3 Å². The number of nitrogen functional groups attached to an aromatic ring is 1. The molecule has 2 aromatic heterocycles. The molecule has 0 amide bonds. The Labute approximate surface area is 171 Å². The molecule has 3 rings (SSSR count). The number of pyridine rings is 1. The zero-order valence-electron chi connectivity index (χ0n) is 15.4. The highest BCUT2D eigenvalue weighted by atomic mass is 32.2. The van der Waals surface area contributed by atoms with Crippen LogP contribution in [-0.4, -0.2) is 11.5 Å². The van der Waals surface area contributed by atoms with Crippen molar-refractivity contribution in [1.29, 1.82) is 10.5 Å². The smallest absolute Gasteiger partial charge is 0.289 e. The molecule has 0 radical (unpaired) electrons. The third kappa shape index (κ3) is 3.77. The van der Waals surface area contributed by atoms with Crippen molar-refractivity contribution in [3.63, 3.8) is 0 Å². The second kappa shape index (κ2) is 8.26. The second-order valence-corrected chi connectivity index (χ2v) is 8.16. The van der Waals surface area contributed by atoms with E-state index in [-0.39, 0.29) is 22.9 Å². The minimum Gasteiger partial charge on any atom is -0.293 e. The van der Waals surface area contributed by atoms with Gasteiger partial charge in [0.15, 0.2) is 16.4 Å². The number of benzene rings is 1. The summed E-state index contributed by atoms with van der Waals surface area (Å²) in [5.74, 6) is 0.316. The largest absolute Gasteiger partial charge is 0.293 e. The van der Waals surface area contributed by atoms with E-state index in [2.05, 4.69) is 17.1 Å². The van der Waals surface area contributed by atoms with Crippen molar-refractivity contribution in [1.82, 2.24) is 0 Å². The van der Waals surface area contributed by atoms with Gasteiger partial charge in [0.05, 0.1) is 5.75 Å². The molecule has 138 valence electrons. The van der Waals surface area contributed by atoms with Crippen LogP contribution in [0.5, 0.6) is 0 Å². The first-order valence-electron chi connectivity index (χ1n) is 8.42. The summed E-state index contributed by atoms with van der Waals surface area (Å²) in [5.41, 5.74) is 9.80. The monoisotopic (exact) mass is 405 g/mol. The van der Waals surface area contributed by atoms with Gasteiger partial charge in [-0.1, -0.05) is 41.6 Å². The molecule has 0 aliphatic carbocycles. The molecule has 0 unspecified atom stereocenters. The van der Waals surface area contributed by atoms with Gasteiger partial charge in [-0.05, 0) is 30.9 Å². The van der Waals surface area contributed by atoms with E-state index in [9.17, 15) is 15.3 Å². The van der Waals surface area contributed by atoms with Crippen molar-refractivity contribution in [3.8, 4) is 22.6 Å². The number of anilines is 1. The number of hydrogen-bond donors (Lipinski definition) is 1. The van der Waals surface area contributed by atoms with Crippen molar-refractivity contribution >= 4 is 34.7 Å². The predicted octanol–water partition coefficient (Wildman–Crippen LogP) is 4.15. The third-order valence-electron chi connectivity index (χ3n) is 4.27. The minimum atomic E-state index is -0.0274. The van der Waals surface area contributed by atoms with Crippen LogP contribution >= 0.6 is 23.1 Å². The molecule has 0 fully saturated rings. The number of thioether (sulfide) groups is 1. The molecule has 3 aromatic rings. The Kier molecular flexibility index (Phi) is 5.79. The normalized spacial score (nSPS) is 10.3. The molecule has 0 aliphatic heterocycles. The fourth-order valence-electron chi connectivity index (χ4n) is 2.96. The van der Waals surface area contributed by atoms with Crippen LogP contribution in [0.1, 0.15) is 32.6 Å². The number of carbonyl (C=O) groups is 1. The number of aromatic nitrogens is 1. The van der Waals surface area contributed by atoms with Crippen LogP contribution in [0, 0.1) is 36.5 Å². The molecule has 2 heterocycles. The Morgan fingerprint density at radius 1 is 1.21 bits per heavy atom. The average molecular weight is 406 g/mol. The van der Waals surface area contributed by atoms with Gasteiger partial charge in [0.2, 0.25) is 0 Å². The van der Waals surface area contributed by atoms with Crippen LogP contribution in [-0.2, 0) is 0 Å². The van der Waals surface area contributed by atoms with Crippen molar-refractivity contribution in [2.75, 3.05) is 11.5 Å². The zero-order chi connectivity index (χ0) is 20.3. The number of nitrogens with two attached hydrogens (primary N) is 1. The maximum absolute atomic E-state index is 12.7. The molecular weight excluding hydrogens is 388 g/mol. The number of rotatable bonds is 5. The lowest BCUT2D eigenvalue weighted by atomic mass is 10.0. The number of aryl methyl sites for hydroxylation is 2. The number of hydrogen-bond acceptors (Lipinski definition) is 6. The molecule has 7 heteroatoms. The fourth-order valence-corrected chi connectivity index (χ4v) is 4.65. The van der Waals surface area contributed by atoms with E-state index >= 15 is 0 Å². The van der Waals surface area contributed by atoms with Gasteiger partial charge in [0.1, 0.15) is 17.7 Å². The van der Waals surface area contributed by atoms with Crippen LogP contribution in [0.2, 0.25) is 0 Å². The summed E-state index contributed by atoms with van der Waals surface area (Å²) in [4.78, 5) is 16.4. The molecular formula is C21H17N4OS2+. The molecule has 1 aromatic carbocycles. The van der Waals surface area contributed by atoms with E-state index in [1.54, 1.807) is 0 Å². The Hall–Kier alpha value is -3.13. The Bertz CT molecular complexity index is 1140. The number of H-pyrrole nitrogens is 1. The third-order valence-corrected chi connectivity index (χ3v) is 6.15. The van der Waals surface area contributed by atoms with Gasteiger partial charge in [-0.3, -0.25) is 10.5 Å². The molecule has 0 bridgehead atoms. The fraction of sp³-hybridized carbons (Fsp3) is 0.143. The molecule has 0 atom stereocenters. The topological polar surface area (TPSA) is 105 Å². The summed E-state index contributed by atoms with van der Waals surface area (Å²) in [6, 6.07) is 13.7. The number of nitriles is 2. The number of ketones is 1. The van der Waals surface area contributed by atoms with E-state index in [1.165, 1.54) is 23.1 Å². The second-order valence-electron chi connectivity index (χ2n) is 6.22. The first-order chi connectivity index (χ1) is 13.5. The summed E-state index contributed by atoms with van der Waals surface area (Å²) < 4.78 is 0. The van der Waals surface area contributed by atoms with Gasteiger partial charge in [0.25, 0.3) is 5.82 Å². The van der Waals surface area contributed by atoms with Crippen LogP contribution in [0.25, 0.3) is 10.4 Å². The average Bonchev–Trinajstić information content (AvgIpc) is 3.19. The van der Waals surface area contributed by atoms with E-state index in [1.807, 2.05) is 49.6 Å². The first-order valence-corrected chi connectivity index (χ1v) is 10.3. The molecule has 0 aliphatic rings. The molecule has 0 saturated carbocycles. The molecule has 3 N–H and O–H groups in total. The quantitative estimate of drug-likeness (QED) is 0.507. The molecule has 5 nitrogen and oxygen atoms in total. The van der Waals surface area contributed by atoms with E-state index in [0.717, 1.165) is 16.0 Å². The van der Waals surface area contributed by atoms with Gasteiger partial charge in [-0.2, -0.15) is 10.5 Å². The number of aromatic amines is 1. The molecule has 0 spiro atoms. The SMILES string of the molecule is Cc1ccc(C(=O)CSc2[nH+]c(N)c(C#N)c(-c3cccs3)c2C#N)c(C)c1. The summed E-state index contributed by atoms with van der Waals surface area (Å²) in [6.45, 7) is 3.89. The highest BCUT2D eigenvalue weighted by Crippen LogP contribution is 2.36. The van der Waals surface area contributed by atoms with Crippen molar-refractivity contribution in [3.05, 3.63) is 63.5 Å². The van der Waals surface area contributed by atoms with Gasteiger partial charge < -0.3 is 0 Å². The predicted molar refractivity (Wildman–Crippen MR) is 111 cm³/mol. The van der Waals surface area contributed by atoms with Crippen LogP contribution < -0.4 is 10.7 Å². The van der Waals surface area contributed by atoms with Crippen LogP contribution in [0.4, 0.5) is 5.82 Å². The number of Topliss-reactive ketones (excluding diaryl/α,β-unsaturated/α-hetero) is 1. The Balaban J connectivity index is 1.98. The minimum absolute atomic E-state index is 0.0274. The Morgan fingerprint density at radius 2 is 1.96 bits per heavy atom. The highest BCUT2D eigenvalue weighted by Gasteiger charge is 2.25. The van der Waals surface area contributed by atoms with E-state index in [0.29, 0.717) is 21.7 Å². The standard InChI is InChI=1S/C21H16N4OS2/c1-12-5-6-14(13(2)8-12)17(26)11-28-21-16(10-23)19(18-4-3-7-27-18)15(9-22)20(24)25-21/h3-8H,11H2,1-2H3,(H2,24,25)/p+1. The number of nitrogens with one attached hydrogen (secondary N) is 1. The maximum Gasteiger partial charge on any atom is 0.289 e. The number of carbonyl (C=O) groups excluding carboxylic acids is 1. The van der Waals surface area contributed by atoms with Gasteiger partial charge >= 0.3 is 0 Å². The van der Waals surface area contributed by atoms with Crippen molar-refractivity contribution in [2.24, 2.45) is 0 Å². The number of nitrogens with zero attached hydrogens (tertiary/aromatic N) is 2. The summed E-state index contributed by atoms with van der Waals surface area (Å²) in [6.07, 6.45) is 0. The van der Waals surface area contributed by atoms with E-state index in [4.69, 9.17) is 5.73 Å². The maximum atomic E-state index is 12.7. The highest BCUT2D eigenvalue weighted by molar-refractivity contribution is 7.99. The number of thiophene rings is 1. The first kappa shape index (κ1) is 19.6. The van der Waals surface area contributed by atoms with Gasteiger partial charge in [-0.25, -0.2) is 4.98 Å². The lowest BCUT2D eigenvalue weighted by Gasteiger charge is -2.09. The lowest BCUT2D eigenvalue weighted by Crippen LogP contribution is -2.19. The lowest BCUT2D eigenvalue weighted by molar-refractivity contribution is -0.410. The summed E-state index contributed by atoms with van der Waals surface area (Å²) in [7, 11) is 0. The molecule has 0 saturated heterocycles. The van der Waals surface area contributed by atoms with Crippen molar-refractivity contribution < 1.29 is 9.78 Å². The summed E-state index contributed by atoms with van der Waals surface area (Å²) in [5, 5.41) is 21.6. The van der Waals surface area contributed by atoms with Crippen LogP contribution in [0.15, 0.2) is 40.7 Å². The zero-order valence-corrected chi connectivity index (χ0v) is 17.0. The van der Waals surface area contributed by atoms with Crippen molar-refractivity contribution in [2.45, 2.75) is 18.9 Å². The van der Waals surface area contributed by atoms with Gasteiger partial charge in [0, 0.05) is 16.0 Å². The Morgan fingerprint density at radius 3 is 2.57 bits per heavy atom. The van der Waals surface area contributed by atoms with Crippen LogP contribution in [0.3, 0.4) is 0 Å². The van der Waals surface area contributed by atoms with E-state index < -0.39 is 0 Å². The molecule has 28 heavy (non-hydrogen) atoms.